The Bertz CT molecular complexity index is 449. The summed E-state index contributed by atoms with van der Waals surface area (Å²) >= 11 is 5.72. The van der Waals surface area contributed by atoms with Gasteiger partial charge in [0.2, 0.25) is 5.91 Å². The number of hydrogen-bond acceptors (Lipinski definition) is 2. The summed E-state index contributed by atoms with van der Waals surface area (Å²) in [6.45, 7) is 7.14. The lowest BCUT2D eigenvalue weighted by atomic mass is 10.1. The van der Waals surface area contributed by atoms with Crippen molar-refractivity contribution in [3.05, 3.63) is 35.9 Å². The molecule has 0 spiro atoms. The largest absolute Gasteiger partial charge is 0.337 e. The van der Waals surface area contributed by atoms with Crippen molar-refractivity contribution in [3.63, 3.8) is 0 Å². The minimum absolute atomic E-state index is 0.0718. The SMILES string of the molecule is CC(C)N(Cc1ccccc1)C[C@H]1CCCN1C(=O)CCl. The molecule has 4 heteroatoms. The highest BCUT2D eigenvalue weighted by atomic mass is 35.5. The van der Waals surface area contributed by atoms with E-state index in [4.69, 9.17) is 11.6 Å². The molecule has 0 unspecified atom stereocenters. The molecule has 0 bridgehead atoms. The summed E-state index contributed by atoms with van der Waals surface area (Å²) in [5.41, 5.74) is 1.32. The fourth-order valence-electron chi connectivity index (χ4n) is 2.98. The normalized spacial score (nSPS) is 18.7. The molecular weight excluding hydrogens is 284 g/mol. The van der Waals surface area contributed by atoms with Crippen LogP contribution in [0.25, 0.3) is 0 Å². The van der Waals surface area contributed by atoms with Crippen LogP contribution in [-0.4, -0.2) is 46.8 Å². The first-order chi connectivity index (χ1) is 10.1. The quantitative estimate of drug-likeness (QED) is 0.754. The predicted molar refractivity (Wildman–Crippen MR) is 87.4 cm³/mol. The Balaban J connectivity index is 2.01. The number of carbonyl (C=O) groups is 1. The Morgan fingerprint density at radius 1 is 1.38 bits per heavy atom. The summed E-state index contributed by atoms with van der Waals surface area (Å²) in [5.74, 6) is 0.166. The molecular formula is C17H25ClN2O. The third kappa shape index (κ3) is 4.45. The van der Waals surface area contributed by atoms with E-state index in [1.165, 1.54) is 5.56 Å². The first-order valence-corrected chi connectivity index (χ1v) is 8.28. The zero-order chi connectivity index (χ0) is 15.2. The van der Waals surface area contributed by atoms with Crippen molar-refractivity contribution in [2.45, 2.75) is 45.3 Å². The standard InChI is InChI=1S/C17H25ClN2O/c1-14(2)19(12-15-7-4-3-5-8-15)13-16-9-6-10-20(16)17(21)11-18/h3-5,7-8,14,16H,6,9-13H2,1-2H3/t16-/m1/s1. The third-order valence-electron chi connectivity index (χ3n) is 4.22. The van der Waals surface area contributed by atoms with Crippen LogP contribution < -0.4 is 0 Å². The van der Waals surface area contributed by atoms with Gasteiger partial charge in [0.05, 0.1) is 0 Å². The highest BCUT2D eigenvalue weighted by Crippen LogP contribution is 2.20. The number of likely N-dealkylation sites (tertiary alicyclic amines) is 1. The lowest BCUT2D eigenvalue weighted by Gasteiger charge is -2.33. The van der Waals surface area contributed by atoms with Gasteiger partial charge in [0.25, 0.3) is 0 Å². The van der Waals surface area contributed by atoms with Gasteiger partial charge in [0.1, 0.15) is 5.88 Å². The summed E-state index contributed by atoms with van der Waals surface area (Å²) in [5, 5.41) is 0. The van der Waals surface area contributed by atoms with Crippen LogP contribution in [0.3, 0.4) is 0 Å². The van der Waals surface area contributed by atoms with E-state index in [9.17, 15) is 4.79 Å². The van der Waals surface area contributed by atoms with Crippen molar-refractivity contribution < 1.29 is 4.79 Å². The van der Waals surface area contributed by atoms with Crippen molar-refractivity contribution in [1.82, 2.24) is 9.80 Å². The van der Waals surface area contributed by atoms with Gasteiger partial charge in [0, 0.05) is 31.7 Å². The van der Waals surface area contributed by atoms with Gasteiger partial charge < -0.3 is 4.90 Å². The molecule has 3 nitrogen and oxygen atoms in total. The van der Waals surface area contributed by atoms with Crippen molar-refractivity contribution in [2.24, 2.45) is 0 Å². The van der Waals surface area contributed by atoms with E-state index in [0.717, 1.165) is 32.5 Å². The van der Waals surface area contributed by atoms with Gasteiger partial charge in [0.15, 0.2) is 0 Å². The van der Waals surface area contributed by atoms with Gasteiger partial charge in [-0.05, 0) is 32.3 Å². The number of halogens is 1. The Kier molecular flexibility index (Phi) is 6.07. The van der Waals surface area contributed by atoms with Crippen molar-refractivity contribution in [3.8, 4) is 0 Å². The number of hydrogen-bond donors (Lipinski definition) is 0. The molecule has 1 aromatic carbocycles. The number of nitrogens with zero attached hydrogens (tertiary/aromatic N) is 2. The summed E-state index contributed by atoms with van der Waals surface area (Å²) in [6, 6.07) is 11.3. The summed E-state index contributed by atoms with van der Waals surface area (Å²) in [7, 11) is 0. The van der Waals surface area contributed by atoms with Gasteiger partial charge in [-0.15, -0.1) is 11.6 Å². The molecule has 1 aliphatic heterocycles. The predicted octanol–water partition coefficient (Wildman–Crippen LogP) is 3.13. The van der Waals surface area contributed by atoms with Gasteiger partial charge in [-0.3, -0.25) is 9.69 Å². The van der Waals surface area contributed by atoms with E-state index in [1.54, 1.807) is 0 Å². The van der Waals surface area contributed by atoms with Gasteiger partial charge in [-0.25, -0.2) is 0 Å². The molecule has 1 aliphatic rings. The van der Waals surface area contributed by atoms with Crippen LogP contribution in [0.15, 0.2) is 30.3 Å². The van der Waals surface area contributed by atoms with Crippen molar-refractivity contribution in [2.75, 3.05) is 19.0 Å². The van der Waals surface area contributed by atoms with E-state index in [1.807, 2.05) is 11.0 Å². The van der Waals surface area contributed by atoms with Crippen LogP contribution in [-0.2, 0) is 11.3 Å². The maximum absolute atomic E-state index is 11.9. The molecule has 1 fully saturated rings. The summed E-state index contributed by atoms with van der Waals surface area (Å²) in [4.78, 5) is 16.3. The summed E-state index contributed by atoms with van der Waals surface area (Å²) < 4.78 is 0. The molecule has 116 valence electrons. The topological polar surface area (TPSA) is 23.6 Å². The zero-order valence-electron chi connectivity index (χ0n) is 13.0. The number of amides is 1. The molecule has 1 amide bonds. The molecule has 1 heterocycles. The molecule has 0 aromatic heterocycles. The first kappa shape index (κ1) is 16.3. The average Bonchev–Trinajstić information content (AvgIpc) is 2.95. The lowest BCUT2D eigenvalue weighted by molar-refractivity contribution is -0.129. The Morgan fingerprint density at radius 3 is 2.71 bits per heavy atom. The Hall–Kier alpha value is -1.06. The first-order valence-electron chi connectivity index (χ1n) is 7.75. The monoisotopic (exact) mass is 308 g/mol. The zero-order valence-corrected chi connectivity index (χ0v) is 13.7. The highest BCUT2D eigenvalue weighted by Gasteiger charge is 2.30. The highest BCUT2D eigenvalue weighted by molar-refractivity contribution is 6.27. The van der Waals surface area contributed by atoms with Crippen molar-refractivity contribution in [1.29, 1.82) is 0 Å². The molecule has 1 saturated heterocycles. The third-order valence-corrected chi connectivity index (χ3v) is 4.44. The number of benzene rings is 1. The molecule has 0 radical (unpaired) electrons. The van der Waals surface area contributed by atoms with E-state index >= 15 is 0 Å². The lowest BCUT2D eigenvalue weighted by Crippen LogP contribution is -2.45. The maximum Gasteiger partial charge on any atom is 0.237 e. The molecule has 0 N–H and O–H groups in total. The van der Waals surface area contributed by atoms with Crippen LogP contribution in [0.4, 0.5) is 0 Å². The Labute approximate surface area is 132 Å². The molecule has 21 heavy (non-hydrogen) atoms. The fraction of sp³-hybridized carbons (Fsp3) is 0.588. The van der Waals surface area contributed by atoms with Crippen LogP contribution >= 0.6 is 11.6 Å². The summed E-state index contributed by atoms with van der Waals surface area (Å²) in [6.07, 6.45) is 2.17. The van der Waals surface area contributed by atoms with Crippen LogP contribution in [0.1, 0.15) is 32.3 Å². The van der Waals surface area contributed by atoms with Crippen LogP contribution in [0.2, 0.25) is 0 Å². The van der Waals surface area contributed by atoms with Crippen molar-refractivity contribution >= 4 is 17.5 Å². The second-order valence-corrected chi connectivity index (χ2v) is 6.29. The van der Waals surface area contributed by atoms with E-state index in [-0.39, 0.29) is 11.8 Å². The minimum atomic E-state index is 0.0718. The van der Waals surface area contributed by atoms with E-state index in [2.05, 4.69) is 43.0 Å². The second-order valence-electron chi connectivity index (χ2n) is 6.03. The fourth-order valence-corrected chi connectivity index (χ4v) is 3.13. The smallest absolute Gasteiger partial charge is 0.237 e. The average molecular weight is 309 g/mol. The minimum Gasteiger partial charge on any atom is -0.337 e. The van der Waals surface area contributed by atoms with Gasteiger partial charge in [-0.2, -0.15) is 0 Å². The van der Waals surface area contributed by atoms with E-state index < -0.39 is 0 Å². The molecule has 2 rings (SSSR count). The second kappa shape index (κ2) is 7.81. The molecule has 1 atom stereocenters. The van der Waals surface area contributed by atoms with Crippen LogP contribution in [0, 0.1) is 0 Å². The number of alkyl halides is 1. The van der Waals surface area contributed by atoms with Crippen LogP contribution in [0.5, 0.6) is 0 Å². The number of rotatable bonds is 6. The van der Waals surface area contributed by atoms with Gasteiger partial charge in [-0.1, -0.05) is 30.3 Å². The van der Waals surface area contributed by atoms with E-state index in [0.29, 0.717) is 12.1 Å². The van der Waals surface area contributed by atoms with Gasteiger partial charge >= 0.3 is 0 Å². The maximum atomic E-state index is 11.9. The molecule has 1 aromatic rings. The number of carbonyl (C=O) groups excluding carboxylic acids is 1. The molecule has 0 saturated carbocycles. The Morgan fingerprint density at radius 2 is 2.10 bits per heavy atom. The molecule has 0 aliphatic carbocycles.